The van der Waals surface area contributed by atoms with Gasteiger partial charge in [0.05, 0.1) is 0 Å². The molecule has 1 aromatic rings. The minimum Gasteiger partial charge on any atom is -0.481 e. The molecule has 120 valence electrons. The summed E-state index contributed by atoms with van der Waals surface area (Å²) in [7, 11) is 0. The Bertz CT molecular complexity index is 524. The van der Waals surface area contributed by atoms with Gasteiger partial charge in [0.25, 0.3) is 5.91 Å². The van der Waals surface area contributed by atoms with Crippen molar-refractivity contribution in [3.05, 3.63) is 29.8 Å². The topological polar surface area (TPSA) is 55.4 Å². The molecule has 4 nitrogen and oxygen atoms in total. The molecule has 4 heteroatoms. The molecule has 1 amide bonds. The van der Waals surface area contributed by atoms with Crippen molar-refractivity contribution < 1.29 is 14.3 Å². The number of rotatable bonds is 5. The van der Waals surface area contributed by atoms with Gasteiger partial charge in [-0.2, -0.15) is 0 Å². The smallest absolute Gasteiger partial charge is 0.261 e. The van der Waals surface area contributed by atoms with Crippen LogP contribution in [-0.4, -0.2) is 23.8 Å². The van der Waals surface area contributed by atoms with Gasteiger partial charge in [0.15, 0.2) is 11.9 Å². The molecule has 0 bridgehead atoms. The molecule has 0 radical (unpaired) electrons. The molecule has 1 aliphatic carbocycles. The molecule has 1 aromatic carbocycles. The normalized spacial score (nSPS) is 22.7. The first kappa shape index (κ1) is 16.5. The van der Waals surface area contributed by atoms with Gasteiger partial charge < -0.3 is 10.1 Å². The Labute approximate surface area is 132 Å². The average Bonchev–Trinajstić information content (AvgIpc) is 2.50. The van der Waals surface area contributed by atoms with Crippen LogP contribution >= 0.6 is 0 Å². The minimum absolute atomic E-state index is 0.0172. The highest BCUT2D eigenvalue weighted by Gasteiger charge is 2.25. The summed E-state index contributed by atoms with van der Waals surface area (Å²) in [6.45, 7) is 5.47. The third-order valence-corrected chi connectivity index (χ3v) is 4.38. The zero-order chi connectivity index (χ0) is 16.1. The van der Waals surface area contributed by atoms with Crippen molar-refractivity contribution in [3.63, 3.8) is 0 Å². The van der Waals surface area contributed by atoms with E-state index in [9.17, 15) is 9.59 Å². The van der Waals surface area contributed by atoms with Crippen LogP contribution in [0.3, 0.4) is 0 Å². The maximum atomic E-state index is 12.2. The fourth-order valence-corrected chi connectivity index (χ4v) is 2.86. The van der Waals surface area contributed by atoms with Gasteiger partial charge in [-0.3, -0.25) is 9.59 Å². The number of hydrogen-bond donors (Lipinski definition) is 1. The summed E-state index contributed by atoms with van der Waals surface area (Å²) >= 11 is 0. The van der Waals surface area contributed by atoms with E-state index in [1.54, 1.807) is 31.2 Å². The Balaban J connectivity index is 1.89. The molecule has 0 aliphatic heterocycles. The third-order valence-electron chi connectivity index (χ3n) is 4.38. The molecule has 2 rings (SSSR count). The molecule has 1 fully saturated rings. The lowest BCUT2D eigenvalue weighted by molar-refractivity contribution is -0.128. The van der Waals surface area contributed by atoms with Gasteiger partial charge in [0, 0.05) is 11.6 Å². The van der Waals surface area contributed by atoms with Gasteiger partial charge in [0.1, 0.15) is 5.75 Å². The molecule has 0 saturated heterocycles. The van der Waals surface area contributed by atoms with E-state index in [-0.39, 0.29) is 17.7 Å². The van der Waals surface area contributed by atoms with Crippen molar-refractivity contribution in [1.82, 2.24) is 5.32 Å². The van der Waals surface area contributed by atoms with Gasteiger partial charge in [-0.15, -0.1) is 0 Å². The van der Waals surface area contributed by atoms with Gasteiger partial charge in [-0.25, -0.2) is 0 Å². The zero-order valence-electron chi connectivity index (χ0n) is 13.6. The highest BCUT2D eigenvalue weighted by molar-refractivity contribution is 5.94. The Morgan fingerprint density at radius 3 is 2.41 bits per heavy atom. The Morgan fingerprint density at radius 1 is 1.18 bits per heavy atom. The van der Waals surface area contributed by atoms with E-state index in [1.165, 1.54) is 26.2 Å². The lowest BCUT2D eigenvalue weighted by atomic mass is 9.86. The van der Waals surface area contributed by atoms with Crippen molar-refractivity contribution in [2.75, 3.05) is 0 Å². The maximum absolute atomic E-state index is 12.2. The van der Waals surface area contributed by atoms with Crippen molar-refractivity contribution in [2.45, 2.75) is 58.6 Å². The third kappa shape index (κ3) is 4.33. The highest BCUT2D eigenvalue weighted by atomic mass is 16.5. The lowest BCUT2D eigenvalue weighted by Gasteiger charge is -2.30. The molecular formula is C18H25NO3. The van der Waals surface area contributed by atoms with Gasteiger partial charge in [-0.05, 0) is 56.9 Å². The SMILES string of the molecule is CC(=O)c1ccc(O[C@@H](C)C(=O)N[C@@H]2CCCC[C@@H]2C)cc1. The summed E-state index contributed by atoms with van der Waals surface area (Å²) < 4.78 is 5.66. The Kier molecular flexibility index (Phi) is 5.58. The number of carbonyl (C=O) groups is 2. The van der Waals surface area contributed by atoms with Crippen molar-refractivity contribution in [2.24, 2.45) is 5.92 Å². The van der Waals surface area contributed by atoms with Crippen molar-refractivity contribution in [3.8, 4) is 5.75 Å². The molecule has 0 unspecified atom stereocenters. The molecule has 3 atom stereocenters. The van der Waals surface area contributed by atoms with E-state index in [1.807, 2.05) is 0 Å². The summed E-state index contributed by atoms with van der Waals surface area (Å²) in [5, 5.41) is 3.10. The first-order valence-corrected chi connectivity index (χ1v) is 8.05. The minimum atomic E-state index is -0.544. The Hall–Kier alpha value is -1.84. The van der Waals surface area contributed by atoms with Crippen LogP contribution in [0.15, 0.2) is 24.3 Å². The first-order valence-electron chi connectivity index (χ1n) is 8.05. The molecule has 1 aliphatic rings. The van der Waals surface area contributed by atoms with Crippen LogP contribution in [0.25, 0.3) is 0 Å². The number of ether oxygens (including phenoxy) is 1. The lowest BCUT2D eigenvalue weighted by Crippen LogP contribution is -2.46. The molecule has 1 saturated carbocycles. The first-order chi connectivity index (χ1) is 10.5. The maximum Gasteiger partial charge on any atom is 0.261 e. The second-order valence-electron chi connectivity index (χ2n) is 6.22. The number of carbonyl (C=O) groups excluding carboxylic acids is 2. The van der Waals surface area contributed by atoms with Crippen LogP contribution in [0, 0.1) is 5.92 Å². The number of Topliss-reactive ketones (excluding diaryl/α,β-unsaturated/α-hetero) is 1. The predicted molar refractivity (Wildman–Crippen MR) is 86.1 cm³/mol. The number of benzene rings is 1. The molecule has 0 heterocycles. The van der Waals surface area contributed by atoms with Crippen LogP contribution in [-0.2, 0) is 4.79 Å². The number of nitrogens with one attached hydrogen (secondary N) is 1. The van der Waals surface area contributed by atoms with Crippen LogP contribution in [0.2, 0.25) is 0 Å². The van der Waals surface area contributed by atoms with Crippen LogP contribution in [0.5, 0.6) is 5.75 Å². The standard InChI is InChI=1S/C18H25NO3/c1-12-6-4-5-7-17(12)19-18(21)14(3)22-16-10-8-15(9-11-16)13(2)20/h8-12,14,17H,4-7H2,1-3H3,(H,19,21)/t12-,14-,17+/m0/s1. The molecular weight excluding hydrogens is 278 g/mol. The number of hydrogen-bond acceptors (Lipinski definition) is 3. The van der Waals surface area contributed by atoms with Crippen molar-refractivity contribution in [1.29, 1.82) is 0 Å². The molecule has 0 aromatic heterocycles. The summed E-state index contributed by atoms with van der Waals surface area (Å²) in [5.74, 6) is 1.07. The predicted octanol–water partition coefficient (Wildman–Crippen LogP) is 3.35. The van der Waals surface area contributed by atoms with E-state index in [2.05, 4.69) is 12.2 Å². The monoisotopic (exact) mass is 303 g/mol. The van der Waals surface area contributed by atoms with E-state index in [0.717, 1.165) is 6.42 Å². The van der Waals surface area contributed by atoms with Crippen molar-refractivity contribution >= 4 is 11.7 Å². The Morgan fingerprint density at radius 2 is 1.82 bits per heavy atom. The van der Waals surface area contributed by atoms with E-state index in [4.69, 9.17) is 4.74 Å². The van der Waals surface area contributed by atoms with Gasteiger partial charge in [-0.1, -0.05) is 19.8 Å². The summed E-state index contributed by atoms with van der Waals surface area (Å²) in [5.41, 5.74) is 0.639. The fourth-order valence-electron chi connectivity index (χ4n) is 2.86. The zero-order valence-corrected chi connectivity index (χ0v) is 13.6. The van der Waals surface area contributed by atoms with E-state index < -0.39 is 6.10 Å². The second-order valence-corrected chi connectivity index (χ2v) is 6.22. The molecule has 0 spiro atoms. The van der Waals surface area contributed by atoms with Gasteiger partial charge in [0.2, 0.25) is 0 Å². The van der Waals surface area contributed by atoms with Crippen LogP contribution < -0.4 is 10.1 Å². The quantitative estimate of drug-likeness (QED) is 0.849. The van der Waals surface area contributed by atoms with E-state index >= 15 is 0 Å². The summed E-state index contributed by atoms with van der Waals surface area (Å²) in [6.07, 6.45) is 4.11. The highest BCUT2D eigenvalue weighted by Crippen LogP contribution is 2.24. The van der Waals surface area contributed by atoms with Gasteiger partial charge >= 0.3 is 0 Å². The van der Waals surface area contributed by atoms with E-state index in [0.29, 0.717) is 17.2 Å². The summed E-state index contributed by atoms with van der Waals surface area (Å²) in [6, 6.07) is 7.14. The van der Waals surface area contributed by atoms with Crippen LogP contribution in [0.1, 0.15) is 56.8 Å². The number of ketones is 1. The second kappa shape index (κ2) is 7.43. The average molecular weight is 303 g/mol. The summed E-state index contributed by atoms with van der Waals surface area (Å²) in [4.78, 5) is 23.5. The number of amides is 1. The fraction of sp³-hybridized carbons (Fsp3) is 0.556. The molecule has 1 N–H and O–H groups in total. The largest absolute Gasteiger partial charge is 0.481 e. The van der Waals surface area contributed by atoms with Crippen LogP contribution in [0.4, 0.5) is 0 Å². The molecule has 22 heavy (non-hydrogen) atoms.